The summed E-state index contributed by atoms with van der Waals surface area (Å²) >= 11 is 0. The summed E-state index contributed by atoms with van der Waals surface area (Å²) in [5.41, 5.74) is 1.77. The highest BCUT2D eigenvalue weighted by Gasteiger charge is 2.29. The van der Waals surface area contributed by atoms with Gasteiger partial charge in [-0.25, -0.2) is 4.98 Å². The van der Waals surface area contributed by atoms with Crippen molar-refractivity contribution < 1.29 is 9.31 Å². The van der Waals surface area contributed by atoms with E-state index in [2.05, 4.69) is 9.97 Å². The van der Waals surface area contributed by atoms with Crippen molar-refractivity contribution >= 4 is 22.4 Å². The van der Waals surface area contributed by atoms with Gasteiger partial charge in [-0.3, -0.25) is 10.1 Å². The summed E-state index contributed by atoms with van der Waals surface area (Å²) < 4.78 is 13.9. The standard InChI is InChI=1S/C18H17FN4O2/c19-13-6-3-9-16(17(13)23(24)25)22-10-4-5-12(11-22)18-20-14-7-1-2-8-15(14)21-18/h1-3,6-9,12H,4-5,10-11H2,(H,20,21). The summed E-state index contributed by atoms with van der Waals surface area (Å²) in [5.74, 6) is 0.210. The number of nitro benzene ring substituents is 1. The first-order valence-corrected chi connectivity index (χ1v) is 8.26. The number of imidazole rings is 1. The maximum atomic E-state index is 13.9. The Labute approximate surface area is 143 Å². The summed E-state index contributed by atoms with van der Waals surface area (Å²) in [6.45, 7) is 1.24. The smallest absolute Gasteiger partial charge is 0.327 e. The fourth-order valence-corrected chi connectivity index (χ4v) is 3.52. The third kappa shape index (κ3) is 2.82. The van der Waals surface area contributed by atoms with Crippen molar-refractivity contribution in [2.75, 3.05) is 18.0 Å². The molecule has 25 heavy (non-hydrogen) atoms. The third-order valence-electron chi connectivity index (χ3n) is 4.70. The zero-order valence-corrected chi connectivity index (χ0v) is 13.5. The number of benzene rings is 2. The molecule has 0 amide bonds. The molecule has 1 fully saturated rings. The molecule has 1 N–H and O–H groups in total. The molecule has 7 heteroatoms. The van der Waals surface area contributed by atoms with Gasteiger partial charge in [-0.1, -0.05) is 18.2 Å². The molecular weight excluding hydrogens is 323 g/mol. The normalized spacial score (nSPS) is 17.8. The fraction of sp³-hybridized carbons (Fsp3) is 0.278. The van der Waals surface area contributed by atoms with E-state index in [1.807, 2.05) is 29.2 Å². The van der Waals surface area contributed by atoms with Crippen molar-refractivity contribution in [1.82, 2.24) is 9.97 Å². The van der Waals surface area contributed by atoms with Gasteiger partial charge in [-0.15, -0.1) is 0 Å². The summed E-state index contributed by atoms with van der Waals surface area (Å²) in [6.07, 6.45) is 1.81. The molecule has 1 aliphatic rings. The lowest BCUT2D eigenvalue weighted by molar-refractivity contribution is -0.386. The lowest BCUT2D eigenvalue weighted by atomic mass is 9.96. The van der Waals surface area contributed by atoms with Crippen LogP contribution in [0.25, 0.3) is 11.0 Å². The number of nitro groups is 1. The van der Waals surface area contributed by atoms with Crippen LogP contribution in [0.1, 0.15) is 24.6 Å². The highest BCUT2D eigenvalue weighted by Crippen LogP contribution is 2.35. The topological polar surface area (TPSA) is 75.1 Å². The molecule has 0 bridgehead atoms. The molecular formula is C18H17FN4O2. The van der Waals surface area contributed by atoms with Gasteiger partial charge in [-0.2, -0.15) is 4.39 Å². The van der Waals surface area contributed by atoms with Crippen LogP contribution in [0.15, 0.2) is 42.5 Å². The first kappa shape index (κ1) is 15.6. The second-order valence-electron chi connectivity index (χ2n) is 6.29. The Morgan fingerprint density at radius 3 is 2.88 bits per heavy atom. The van der Waals surface area contributed by atoms with Crippen molar-refractivity contribution in [1.29, 1.82) is 0 Å². The van der Waals surface area contributed by atoms with Gasteiger partial charge < -0.3 is 9.88 Å². The Bertz CT molecular complexity index is 907. The van der Waals surface area contributed by atoms with Crippen LogP contribution in [0, 0.1) is 15.9 Å². The molecule has 2 heterocycles. The van der Waals surface area contributed by atoms with Crippen LogP contribution in [0.5, 0.6) is 0 Å². The van der Waals surface area contributed by atoms with Gasteiger partial charge in [0.25, 0.3) is 0 Å². The van der Waals surface area contributed by atoms with Crippen LogP contribution < -0.4 is 4.90 Å². The lowest BCUT2D eigenvalue weighted by Gasteiger charge is -2.33. The van der Waals surface area contributed by atoms with Crippen LogP contribution in [-0.4, -0.2) is 28.0 Å². The number of rotatable bonds is 3. The molecule has 0 aliphatic carbocycles. The Morgan fingerprint density at radius 1 is 1.24 bits per heavy atom. The second kappa shape index (κ2) is 6.16. The Hall–Kier alpha value is -2.96. The van der Waals surface area contributed by atoms with E-state index in [-0.39, 0.29) is 5.92 Å². The van der Waals surface area contributed by atoms with E-state index in [0.717, 1.165) is 35.8 Å². The predicted octanol–water partition coefficient (Wildman–Crippen LogP) is 3.99. The SMILES string of the molecule is O=[N+]([O-])c1c(F)cccc1N1CCCC(c2nc3ccccc3[nH]2)C1. The molecule has 0 saturated carbocycles. The lowest BCUT2D eigenvalue weighted by Crippen LogP contribution is -2.35. The number of halogens is 1. The van der Waals surface area contributed by atoms with Crippen molar-refractivity contribution in [3.63, 3.8) is 0 Å². The minimum absolute atomic E-state index is 0.129. The summed E-state index contributed by atoms with van der Waals surface area (Å²) in [7, 11) is 0. The number of nitrogens with one attached hydrogen (secondary N) is 1. The molecule has 128 valence electrons. The molecule has 3 aromatic rings. The minimum Gasteiger partial charge on any atom is -0.365 e. The van der Waals surface area contributed by atoms with E-state index in [1.54, 1.807) is 6.07 Å². The second-order valence-corrected chi connectivity index (χ2v) is 6.29. The molecule has 1 atom stereocenters. The van der Waals surface area contributed by atoms with Crippen LogP contribution >= 0.6 is 0 Å². The third-order valence-corrected chi connectivity index (χ3v) is 4.70. The number of para-hydroxylation sites is 3. The van der Waals surface area contributed by atoms with Gasteiger partial charge in [0.15, 0.2) is 0 Å². The van der Waals surface area contributed by atoms with Crippen molar-refractivity contribution in [2.24, 2.45) is 0 Å². The van der Waals surface area contributed by atoms with Crippen LogP contribution in [0.4, 0.5) is 15.8 Å². The molecule has 1 saturated heterocycles. The molecule has 2 aromatic carbocycles. The first-order valence-electron chi connectivity index (χ1n) is 8.26. The molecule has 4 rings (SSSR count). The van der Waals surface area contributed by atoms with Gasteiger partial charge in [0.2, 0.25) is 5.82 Å². The largest absolute Gasteiger partial charge is 0.365 e. The molecule has 6 nitrogen and oxygen atoms in total. The van der Waals surface area contributed by atoms with E-state index in [4.69, 9.17) is 0 Å². The van der Waals surface area contributed by atoms with Gasteiger partial charge in [-0.05, 0) is 37.1 Å². The first-order chi connectivity index (χ1) is 12.1. The Balaban J connectivity index is 1.65. The summed E-state index contributed by atoms with van der Waals surface area (Å²) in [6, 6.07) is 12.1. The maximum absolute atomic E-state index is 13.9. The summed E-state index contributed by atoms with van der Waals surface area (Å²) in [5, 5.41) is 11.3. The molecule has 0 radical (unpaired) electrons. The molecule has 0 spiro atoms. The van der Waals surface area contributed by atoms with Crippen molar-refractivity contribution in [3.8, 4) is 0 Å². The molecule has 1 aliphatic heterocycles. The zero-order chi connectivity index (χ0) is 17.4. The number of hydrogen-bond acceptors (Lipinski definition) is 4. The summed E-state index contributed by atoms with van der Waals surface area (Å²) in [4.78, 5) is 20.5. The van der Waals surface area contributed by atoms with E-state index in [9.17, 15) is 14.5 Å². The monoisotopic (exact) mass is 340 g/mol. The minimum atomic E-state index is -0.798. The zero-order valence-electron chi connectivity index (χ0n) is 13.5. The Morgan fingerprint density at radius 2 is 2.08 bits per heavy atom. The number of fused-ring (bicyclic) bond motifs is 1. The number of anilines is 1. The van der Waals surface area contributed by atoms with Gasteiger partial charge in [0.05, 0.1) is 16.0 Å². The number of aromatic nitrogens is 2. The Kier molecular flexibility index (Phi) is 3.83. The van der Waals surface area contributed by atoms with Crippen LogP contribution in [0.3, 0.4) is 0 Å². The maximum Gasteiger partial charge on any atom is 0.327 e. The van der Waals surface area contributed by atoms with Crippen molar-refractivity contribution in [3.05, 3.63) is 64.2 Å². The van der Waals surface area contributed by atoms with Gasteiger partial charge in [0.1, 0.15) is 11.5 Å². The number of hydrogen-bond donors (Lipinski definition) is 1. The fourth-order valence-electron chi connectivity index (χ4n) is 3.52. The van der Waals surface area contributed by atoms with E-state index < -0.39 is 16.4 Å². The number of H-pyrrole nitrogens is 1. The van der Waals surface area contributed by atoms with E-state index in [0.29, 0.717) is 18.8 Å². The van der Waals surface area contributed by atoms with Crippen LogP contribution in [0.2, 0.25) is 0 Å². The van der Waals surface area contributed by atoms with Gasteiger partial charge in [0, 0.05) is 19.0 Å². The number of nitrogens with zero attached hydrogens (tertiary/aromatic N) is 3. The quantitative estimate of drug-likeness (QED) is 0.578. The van der Waals surface area contributed by atoms with Crippen molar-refractivity contribution in [2.45, 2.75) is 18.8 Å². The number of aromatic amines is 1. The van der Waals surface area contributed by atoms with Crippen LogP contribution in [-0.2, 0) is 0 Å². The average Bonchev–Trinajstić information content (AvgIpc) is 3.05. The van der Waals surface area contributed by atoms with E-state index >= 15 is 0 Å². The molecule has 1 unspecified atom stereocenters. The average molecular weight is 340 g/mol. The molecule has 1 aromatic heterocycles. The highest BCUT2D eigenvalue weighted by molar-refractivity contribution is 5.75. The van der Waals surface area contributed by atoms with Gasteiger partial charge >= 0.3 is 5.69 Å². The van der Waals surface area contributed by atoms with E-state index in [1.165, 1.54) is 6.07 Å². The number of piperidine rings is 1. The highest BCUT2D eigenvalue weighted by atomic mass is 19.1. The predicted molar refractivity (Wildman–Crippen MR) is 93.3 cm³/mol.